The maximum atomic E-state index is 12.1. The standard InChI is InChI=1S/C13H21N3O4/c1-5-7-16(9-12(18)19)13(20)15(6-2)8-11(17)14-10(3)4/h1,10H,6-9H2,2-4H3,(H,14,17)(H,18,19). The van der Waals surface area contributed by atoms with Crippen molar-refractivity contribution in [3.63, 3.8) is 0 Å². The highest BCUT2D eigenvalue weighted by atomic mass is 16.4. The lowest BCUT2D eigenvalue weighted by molar-refractivity contribution is -0.137. The van der Waals surface area contributed by atoms with E-state index in [0.29, 0.717) is 0 Å². The van der Waals surface area contributed by atoms with Crippen LogP contribution in [-0.2, 0) is 9.59 Å². The fourth-order valence-electron chi connectivity index (χ4n) is 1.52. The van der Waals surface area contributed by atoms with Gasteiger partial charge in [-0.3, -0.25) is 9.59 Å². The van der Waals surface area contributed by atoms with Gasteiger partial charge in [-0.2, -0.15) is 0 Å². The van der Waals surface area contributed by atoms with Crippen LogP contribution in [0.3, 0.4) is 0 Å². The van der Waals surface area contributed by atoms with Crippen molar-refractivity contribution in [1.29, 1.82) is 0 Å². The van der Waals surface area contributed by atoms with Crippen LogP contribution in [0.5, 0.6) is 0 Å². The molecule has 0 fully saturated rings. The van der Waals surface area contributed by atoms with E-state index in [9.17, 15) is 14.4 Å². The quantitative estimate of drug-likeness (QED) is 0.642. The van der Waals surface area contributed by atoms with Gasteiger partial charge in [-0.05, 0) is 20.8 Å². The van der Waals surface area contributed by atoms with Gasteiger partial charge in [0.1, 0.15) is 13.1 Å². The Bertz CT molecular complexity index is 401. The third kappa shape index (κ3) is 6.64. The SMILES string of the molecule is C#CCN(CC(=O)O)C(=O)N(CC)CC(=O)NC(C)C. The van der Waals surface area contributed by atoms with E-state index in [0.717, 1.165) is 4.90 Å². The summed E-state index contributed by atoms with van der Waals surface area (Å²) < 4.78 is 0. The van der Waals surface area contributed by atoms with Gasteiger partial charge in [0.05, 0.1) is 6.54 Å². The lowest BCUT2D eigenvalue weighted by Gasteiger charge is -2.27. The number of likely N-dealkylation sites (N-methyl/N-ethyl adjacent to an activating group) is 1. The number of carbonyl (C=O) groups excluding carboxylic acids is 2. The maximum absolute atomic E-state index is 12.1. The van der Waals surface area contributed by atoms with E-state index in [1.807, 2.05) is 13.8 Å². The molecule has 20 heavy (non-hydrogen) atoms. The third-order valence-electron chi connectivity index (χ3n) is 2.32. The zero-order valence-corrected chi connectivity index (χ0v) is 12.0. The van der Waals surface area contributed by atoms with Gasteiger partial charge in [-0.15, -0.1) is 6.42 Å². The molecular formula is C13H21N3O4. The van der Waals surface area contributed by atoms with Gasteiger partial charge in [-0.25, -0.2) is 4.79 Å². The molecule has 0 unspecified atom stereocenters. The summed E-state index contributed by atoms with van der Waals surface area (Å²) in [5, 5.41) is 11.4. The molecule has 0 atom stereocenters. The number of carboxylic acids is 1. The van der Waals surface area contributed by atoms with Crippen molar-refractivity contribution in [2.75, 3.05) is 26.2 Å². The first-order valence-corrected chi connectivity index (χ1v) is 6.30. The highest BCUT2D eigenvalue weighted by molar-refractivity contribution is 5.86. The van der Waals surface area contributed by atoms with Gasteiger partial charge in [0.2, 0.25) is 5.91 Å². The maximum Gasteiger partial charge on any atom is 0.323 e. The molecule has 0 aliphatic rings. The van der Waals surface area contributed by atoms with Gasteiger partial charge in [0.15, 0.2) is 0 Å². The van der Waals surface area contributed by atoms with E-state index in [-0.39, 0.29) is 31.6 Å². The summed E-state index contributed by atoms with van der Waals surface area (Å²) in [4.78, 5) is 36.7. The molecule has 0 heterocycles. The lowest BCUT2D eigenvalue weighted by atomic mass is 10.3. The van der Waals surface area contributed by atoms with E-state index in [1.165, 1.54) is 4.90 Å². The molecular weight excluding hydrogens is 262 g/mol. The summed E-state index contributed by atoms with van der Waals surface area (Å²) in [5.41, 5.74) is 0. The normalized spacial score (nSPS) is 9.75. The van der Waals surface area contributed by atoms with Crippen LogP contribution < -0.4 is 5.32 Å². The second-order valence-corrected chi connectivity index (χ2v) is 4.47. The minimum absolute atomic E-state index is 0.0304. The first-order valence-electron chi connectivity index (χ1n) is 6.30. The van der Waals surface area contributed by atoms with Gasteiger partial charge in [0.25, 0.3) is 0 Å². The number of urea groups is 1. The molecule has 0 spiro atoms. The third-order valence-corrected chi connectivity index (χ3v) is 2.32. The number of nitrogens with zero attached hydrogens (tertiary/aromatic N) is 2. The van der Waals surface area contributed by atoms with Crippen molar-refractivity contribution in [1.82, 2.24) is 15.1 Å². The smallest absolute Gasteiger partial charge is 0.323 e. The minimum Gasteiger partial charge on any atom is -0.480 e. The van der Waals surface area contributed by atoms with E-state index in [2.05, 4.69) is 11.2 Å². The zero-order chi connectivity index (χ0) is 15.7. The topological polar surface area (TPSA) is 90.0 Å². The number of hydrogen-bond donors (Lipinski definition) is 2. The molecule has 0 rings (SSSR count). The number of aliphatic carboxylic acids is 1. The Labute approximate surface area is 118 Å². The second-order valence-electron chi connectivity index (χ2n) is 4.47. The van der Waals surface area contributed by atoms with E-state index < -0.39 is 18.5 Å². The molecule has 3 amide bonds. The van der Waals surface area contributed by atoms with Crippen molar-refractivity contribution in [2.45, 2.75) is 26.8 Å². The Morgan fingerprint density at radius 1 is 1.25 bits per heavy atom. The molecule has 0 aromatic heterocycles. The minimum atomic E-state index is -1.16. The number of carboxylic acid groups (broad SMARTS) is 1. The molecule has 0 aliphatic heterocycles. The average Bonchev–Trinajstić information content (AvgIpc) is 2.33. The Hall–Kier alpha value is -2.23. The highest BCUT2D eigenvalue weighted by Gasteiger charge is 2.23. The van der Waals surface area contributed by atoms with Gasteiger partial charge in [0, 0.05) is 12.6 Å². The van der Waals surface area contributed by atoms with Crippen LogP contribution in [0.15, 0.2) is 0 Å². The molecule has 0 aromatic carbocycles. The second kappa shape index (κ2) is 8.80. The molecule has 0 saturated carbocycles. The van der Waals surface area contributed by atoms with Crippen LogP contribution in [0.25, 0.3) is 0 Å². The van der Waals surface area contributed by atoms with Gasteiger partial charge >= 0.3 is 12.0 Å². The zero-order valence-electron chi connectivity index (χ0n) is 12.0. The average molecular weight is 283 g/mol. The Morgan fingerprint density at radius 2 is 1.85 bits per heavy atom. The molecule has 7 nitrogen and oxygen atoms in total. The van der Waals surface area contributed by atoms with Crippen LogP contribution in [0.1, 0.15) is 20.8 Å². The first-order chi connectivity index (χ1) is 9.31. The molecule has 7 heteroatoms. The highest BCUT2D eigenvalue weighted by Crippen LogP contribution is 1.99. The predicted octanol–water partition coefficient (Wildman–Crippen LogP) is -0.0273. The number of terminal acetylenes is 1. The predicted molar refractivity (Wildman–Crippen MR) is 74.0 cm³/mol. The molecule has 0 bridgehead atoms. The lowest BCUT2D eigenvalue weighted by Crippen LogP contribution is -2.49. The van der Waals surface area contributed by atoms with Crippen LogP contribution in [-0.4, -0.2) is 65.0 Å². The Kier molecular flexibility index (Phi) is 7.82. The number of rotatable bonds is 7. The summed E-state index contributed by atoms with van der Waals surface area (Å²) in [6.45, 7) is 4.86. The van der Waals surface area contributed by atoms with Crippen molar-refractivity contribution in [2.24, 2.45) is 0 Å². The fourth-order valence-corrected chi connectivity index (χ4v) is 1.52. The monoisotopic (exact) mass is 283 g/mol. The van der Waals surface area contributed by atoms with E-state index >= 15 is 0 Å². The first kappa shape index (κ1) is 17.8. The summed E-state index contributed by atoms with van der Waals surface area (Å²) in [6.07, 6.45) is 5.12. The van der Waals surface area contributed by atoms with Crippen molar-refractivity contribution in [3.8, 4) is 12.3 Å². The summed E-state index contributed by atoms with van der Waals surface area (Å²) in [6, 6.07) is -0.594. The number of hydrogen-bond acceptors (Lipinski definition) is 3. The number of amides is 3. The van der Waals surface area contributed by atoms with Crippen LogP contribution >= 0.6 is 0 Å². The molecule has 0 radical (unpaired) electrons. The Balaban J connectivity index is 4.75. The molecule has 2 N–H and O–H groups in total. The van der Waals surface area contributed by atoms with Crippen molar-refractivity contribution < 1.29 is 19.5 Å². The summed E-state index contributed by atoms with van der Waals surface area (Å²) in [7, 11) is 0. The largest absolute Gasteiger partial charge is 0.480 e. The molecule has 0 aliphatic carbocycles. The summed E-state index contributed by atoms with van der Waals surface area (Å²) in [5.74, 6) is 0.777. The van der Waals surface area contributed by atoms with Crippen molar-refractivity contribution in [3.05, 3.63) is 0 Å². The molecule has 0 saturated heterocycles. The van der Waals surface area contributed by atoms with Crippen LogP contribution in [0, 0.1) is 12.3 Å². The molecule has 112 valence electrons. The number of carbonyl (C=O) groups is 3. The van der Waals surface area contributed by atoms with Gasteiger partial charge in [-0.1, -0.05) is 5.92 Å². The van der Waals surface area contributed by atoms with E-state index in [1.54, 1.807) is 6.92 Å². The number of nitrogens with one attached hydrogen (secondary N) is 1. The molecule has 0 aromatic rings. The Morgan fingerprint density at radius 3 is 2.25 bits per heavy atom. The summed E-state index contributed by atoms with van der Waals surface area (Å²) >= 11 is 0. The van der Waals surface area contributed by atoms with Gasteiger partial charge < -0.3 is 20.2 Å². The van der Waals surface area contributed by atoms with E-state index in [4.69, 9.17) is 11.5 Å². The fraction of sp³-hybridized carbons (Fsp3) is 0.615. The van der Waals surface area contributed by atoms with Crippen LogP contribution in [0.4, 0.5) is 4.79 Å². The van der Waals surface area contributed by atoms with Crippen LogP contribution in [0.2, 0.25) is 0 Å². The van der Waals surface area contributed by atoms with Crippen molar-refractivity contribution >= 4 is 17.9 Å².